The number of anilines is 1. The molecule has 6 heteroatoms. The second-order valence-electron chi connectivity index (χ2n) is 6.63. The zero-order chi connectivity index (χ0) is 17.4. The predicted octanol–water partition coefficient (Wildman–Crippen LogP) is 2.89. The highest BCUT2D eigenvalue weighted by Gasteiger charge is 2.28. The Labute approximate surface area is 152 Å². The van der Waals surface area contributed by atoms with Gasteiger partial charge in [-0.25, -0.2) is 9.97 Å². The van der Waals surface area contributed by atoms with Crippen molar-refractivity contribution >= 4 is 23.2 Å². The van der Waals surface area contributed by atoms with E-state index in [2.05, 4.69) is 14.9 Å². The number of fused-ring (bicyclic) bond motifs is 1. The van der Waals surface area contributed by atoms with Gasteiger partial charge < -0.3 is 9.80 Å². The molecule has 2 aromatic rings. The van der Waals surface area contributed by atoms with E-state index < -0.39 is 0 Å². The lowest BCUT2D eigenvalue weighted by atomic mass is 10.1. The van der Waals surface area contributed by atoms with E-state index in [1.54, 1.807) is 0 Å². The molecule has 1 aliphatic heterocycles. The predicted molar refractivity (Wildman–Crippen MR) is 98.4 cm³/mol. The average molecular weight is 357 g/mol. The Morgan fingerprint density at radius 1 is 1.08 bits per heavy atom. The molecule has 2 aliphatic rings. The van der Waals surface area contributed by atoms with E-state index >= 15 is 0 Å². The number of para-hydroxylation sites is 1. The molecule has 0 radical (unpaired) electrons. The molecular weight excluding hydrogens is 336 g/mol. The smallest absolute Gasteiger partial charge is 0.273 e. The molecule has 0 N–H and O–H groups in total. The van der Waals surface area contributed by atoms with Gasteiger partial charge >= 0.3 is 0 Å². The van der Waals surface area contributed by atoms with Gasteiger partial charge in [-0.3, -0.25) is 4.79 Å². The summed E-state index contributed by atoms with van der Waals surface area (Å²) in [5.41, 5.74) is 3.77. The largest absolute Gasteiger partial charge is 0.367 e. The molecule has 2 heterocycles. The molecule has 0 atom stereocenters. The monoisotopic (exact) mass is 356 g/mol. The Kier molecular flexibility index (Phi) is 4.34. The summed E-state index contributed by atoms with van der Waals surface area (Å²) < 4.78 is 0. The molecule has 1 aromatic carbocycles. The van der Waals surface area contributed by atoms with E-state index in [9.17, 15) is 4.79 Å². The van der Waals surface area contributed by atoms with Gasteiger partial charge in [-0.15, -0.1) is 0 Å². The Morgan fingerprint density at radius 3 is 2.60 bits per heavy atom. The maximum absolute atomic E-state index is 13.0. The third-order valence-corrected chi connectivity index (χ3v) is 5.33. The summed E-state index contributed by atoms with van der Waals surface area (Å²) in [6.45, 7) is 4.79. The molecule has 5 nitrogen and oxygen atoms in total. The SMILES string of the molecule is Cc1nc2c(c(C(=O)N3CCN(c4ccccc4Cl)CC3)n1)CCC2. The Morgan fingerprint density at radius 2 is 1.84 bits per heavy atom. The van der Waals surface area contributed by atoms with Crippen LogP contribution >= 0.6 is 11.6 Å². The van der Waals surface area contributed by atoms with E-state index in [4.69, 9.17) is 11.6 Å². The summed E-state index contributed by atoms with van der Waals surface area (Å²) in [6, 6.07) is 7.86. The first-order chi connectivity index (χ1) is 12.1. The minimum absolute atomic E-state index is 0.0439. The highest BCUT2D eigenvalue weighted by Crippen LogP contribution is 2.27. The lowest BCUT2D eigenvalue weighted by molar-refractivity contribution is 0.0739. The van der Waals surface area contributed by atoms with Gasteiger partial charge in [0.2, 0.25) is 0 Å². The third kappa shape index (κ3) is 3.09. The van der Waals surface area contributed by atoms with Crippen molar-refractivity contribution in [3.05, 3.63) is 52.1 Å². The quantitative estimate of drug-likeness (QED) is 0.830. The molecule has 1 aromatic heterocycles. The van der Waals surface area contributed by atoms with Gasteiger partial charge in [-0.1, -0.05) is 23.7 Å². The van der Waals surface area contributed by atoms with Crippen LogP contribution in [0.2, 0.25) is 5.02 Å². The first kappa shape index (κ1) is 16.3. The van der Waals surface area contributed by atoms with Gasteiger partial charge in [0.15, 0.2) is 0 Å². The first-order valence-corrected chi connectivity index (χ1v) is 9.16. The third-order valence-electron chi connectivity index (χ3n) is 5.01. The number of hydrogen-bond acceptors (Lipinski definition) is 4. The number of aromatic nitrogens is 2. The molecule has 0 spiro atoms. The van der Waals surface area contributed by atoms with Crippen molar-refractivity contribution < 1.29 is 4.79 Å². The molecule has 0 saturated carbocycles. The average Bonchev–Trinajstić information content (AvgIpc) is 3.09. The van der Waals surface area contributed by atoms with Crippen LogP contribution in [-0.4, -0.2) is 47.0 Å². The number of hydrogen-bond donors (Lipinski definition) is 0. The summed E-state index contributed by atoms with van der Waals surface area (Å²) in [5, 5.41) is 0.756. The second-order valence-corrected chi connectivity index (χ2v) is 7.04. The van der Waals surface area contributed by atoms with Crippen molar-refractivity contribution in [2.75, 3.05) is 31.1 Å². The van der Waals surface area contributed by atoms with Crippen LogP contribution in [0.3, 0.4) is 0 Å². The van der Waals surface area contributed by atoms with Crippen LogP contribution in [0.25, 0.3) is 0 Å². The number of aryl methyl sites for hydroxylation is 2. The fourth-order valence-corrected chi connectivity index (χ4v) is 4.00. The lowest BCUT2D eigenvalue weighted by Crippen LogP contribution is -2.49. The number of amides is 1. The zero-order valence-electron chi connectivity index (χ0n) is 14.3. The molecule has 1 saturated heterocycles. The Hall–Kier alpha value is -2.14. The zero-order valence-corrected chi connectivity index (χ0v) is 15.1. The van der Waals surface area contributed by atoms with E-state index in [1.807, 2.05) is 36.1 Å². The van der Waals surface area contributed by atoms with Crippen molar-refractivity contribution in [3.8, 4) is 0 Å². The number of nitrogens with zero attached hydrogens (tertiary/aromatic N) is 4. The van der Waals surface area contributed by atoms with Crippen LogP contribution in [0.15, 0.2) is 24.3 Å². The number of carbonyl (C=O) groups is 1. The Balaban J connectivity index is 1.50. The molecule has 1 fully saturated rings. The van der Waals surface area contributed by atoms with Crippen molar-refractivity contribution in [1.29, 1.82) is 0 Å². The van der Waals surface area contributed by atoms with Crippen LogP contribution in [0, 0.1) is 6.92 Å². The minimum Gasteiger partial charge on any atom is -0.367 e. The maximum Gasteiger partial charge on any atom is 0.273 e. The number of piperazine rings is 1. The number of rotatable bonds is 2. The van der Waals surface area contributed by atoms with Gasteiger partial charge in [0, 0.05) is 37.4 Å². The molecular formula is C19H21ClN4O. The van der Waals surface area contributed by atoms with Gasteiger partial charge in [-0.2, -0.15) is 0 Å². The molecule has 0 unspecified atom stereocenters. The van der Waals surface area contributed by atoms with E-state index in [1.165, 1.54) is 0 Å². The highest BCUT2D eigenvalue weighted by molar-refractivity contribution is 6.33. The minimum atomic E-state index is 0.0439. The molecule has 4 rings (SSSR count). The lowest BCUT2D eigenvalue weighted by Gasteiger charge is -2.36. The number of halogens is 1. The van der Waals surface area contributed by atoms with Gasteiger partial charge in [0.25, 0.3) is 5.91 Å². The molecule has 1 amide bonds. The number of carbonyl (C=O) groups excluding carboxylic acids is 1. The van der Waals surface area contributed by atoms with Gasteiger partial charge in [0.1, 0.15) is 11.5 Å². The highest BCUT2D eigenvalue weighted by atomic mass is 35.5. The van der Waals surface area contributed by atoms with Crippen LogP contribution < -0.4 is 4.90 Å². The Bertz CT molecular complexity index is 815. The molecule has 25 heavy (non-hydrogen) atoms. The molecule has 1 aliphatic carbocycles. The summed E-state index contributed by atoms with van der Waals surface area (Å²) in [7, 11) is 0. The van der Waals surface area contributed by atoms with Crippen molar-refractivity contribution in [1.82, 2.24) is 14.9 Å². The normalized spacial score (nSPS) is 16.9. The van der Waals surface area contributed by atoms with Crippen molar-refractivity contribution in [2.45, 2.75) is 26.2 Å². The van der Waals surface area contributed by atoms with Crippen LogP contribution in [0.5, 0.6) is 0 Å². The standard InChI is InChI=1S/C19H21ClN4O/c1-13-21-16-7-4-5-14(16)18(22-13)19(25)24-11-9-23(10-12-24)17-8-3-2-6-15(17)20/h2-3,6,8H,4-5,7,9-12H2,1H3. The fourth-order valence-electron chi connectivity index (χ4n) is 3.74. The second kappa shape index (κ2) is 6.64. The summed E-state index contributed by atoms with van der Waals surface area (Å²) >= 11 is 6.29. The van der Waals surface area contributed by atoms with E-state index in [0.29, 0.717) is 24.6 Å². The summed E-state index contributed by atoms with van der Waals surface area (Å²) in [6.07, 6.45) is 2.93. The topological polar surface area (TPSA) is 49.3 Å². The summed E-state index contributed by atoms with van der Waals surface area (Å²) in [5.74, 6) is 0.737. The van der Waals surface area contributed by atoms with E-state index in [0.717, 1.165) is 54.3 Å². The first-order valence-electron chi connectivity index (χ1n) is 8.78. The van der Waals surface area contributed by atoms with E-state index in [-0.39, 0.29) is 5.91 Å². The van der Waals surface area contributed by atoms with Crippen LogP contribution in [0.4, 0.5) is 5.69 Å². The molecule has 0 bridgehead atoms. The molecule has 130 valence electrons. The van der Waals surface area contributed by atoms with Gasteiger partial charge in [-0.05, 0) is 38.3 Å². The van der Waals surface area contributed by atoms with Crippen LogP contribution in [-0.2, 0) is 12.8 Å². The van der Waals surface area contributed by atoms with Crippen molar-refractivity contribution in [3.63, 3.8) is 0 Å². The van der Waals surface area contributed by atoms with Crippen LogP contribution in [0.1, 0.15) is 34.0 Å². The summed E-state index contributed by atoms with van der Waals surface area (Å²) in [4.78, 5) is 26.1. The fraction of sp³-hybridized carbons (Fsp3) is 0.421. The maximum atomic E-state index is 13.0. The van der Waals surface area contributed by atoms with Gasteiger partial charge in [0.05, 0.1) is 10.7 Å². The number of benzene rings is 1. The van der Waals surface area contributed by atoms with Crippen molar-refractivity contribution in [2.24, 2.45) is 0 Å².